The molecule has 6 nitrogen and oxygen atoms in total. The van der Waals surface area contributed by atoms with Gasteiger partial charge < -0.3 is 15.2 Å². The number of benzene rings is 2. The number of phenols is 2. The van der Waals surface area contributed by atoms with Crippen LogP contribution >= 0.6 is 0 Å². The first-order chi connectivity index (χ1) is 10.6. The van der Waals surface area contributed by atoms with Gasteiger partial charge in [-0.05, 0) is 24.3 Å². The molecule has 0 bridgehead atoms. The third-order valence-electron chi connectivity index (χ3n) is 3.19. The van der Waals surface area contributed by atoms with Crippen LogP contribution in [0.3, 0.4) is 0 Å². The third-order valence-corrected chi connectivity index (χ3v) is 3.19. The quantitative estimate of drug-likeness (QED) is 0.339. The van der Waals surface area contributed by atoms with Crippen molar-refractivity contribution in [2.75, 3.05) is 0 Å². The number of nitrogens with zero attached hydrogens (tertiary/aromatic N) is 1. The summed E-state index contributed by atoms with van der Waals surface area (Å²) in [6.45, 7) is 0. The van der Waals surface area contributed by atoms with Gasteiger partial charge in [0.1, 0.15) is 5.69 Å². The zero-order valence-electron chi connectivity index (χ0n) is 11.4. The molecule has 0 unspecified atom stereocenters. The molecule has 0 saturated heterocycles. The minimum atomic E-state index is -0.396. The lowest BCUT2D eigenvalue weighted by Gasteiger charge is -2.00. The minimum Gasteiger partial charge on any atom is -0.504 e. The molecule has 22 heavy (non-hydrogen) atoms. The van der Waals surface area contributed by atoms with E-state index in [0.29, 0.717) is 11.3 Å². The first-order valence-corrected chi connectivity index (χ1v) is 6.57. The molecular formula is C16H13N3O3. The van der Waals surface area contributed by atoms with Crippen molar-refractivity contribution in [2.24, 2.45) is 5.10 Å². The number of aromatic nitrogens is 1. The smallest absolute Gasteiger partial charge is 0.287 e. The van der Waals surface area contributed by atoms with Gasteiger partial charge in [-0.15, -0.1) is 0 Å². The Morgan fingerprint density at radius 2 is 1.95 bits per heavy atom. The summed E-state index contributed by atoms with van der Waals surface area (Å²) < 4.78 is 0. The number of carbonyl (C=O) groups is 1. The Morgan fingerprint density at radius 3 is 2.77 bits per heavy atom. The van der Waals surface area contributed by atoms with Gasteiger partial charge >= 0.3 is 0 Å². The first kappa shape index (κ1) is 13.7. The number of hydrogen-bond acceptors (Lipinski definition) is 4. The average Bonchev–Trinajstić information content (AvgIpc) is 2.95. The molecule has 110 valence electrons. The molecule has 2 aromatic carbocycles. The fourth-order valence-corrected chi connectivity index (χ4v) is 2.07. The van der Waals surface area contributed by atoms with Crippen molar-refractivity contribution in [3.8, 4) is 11.5 Å². The number of fused-ring (bicyclic) bond motifs is 1. The molecule has 0 aliphatic carbocycles. The van der Waals surface area contributed by atoms with E-state index >= 15 is 0 Å². The summed E-state index contributed by atoms with van der Waals surface area (Å²) in [5.74, 6) is -0.927. The maximum atomic E-state index is 12.0. The Bertz CT molecular complexity index is 835. The summed E-state index contributed by atoms with van der Waals surface area (Å²) in [4.78, 5) is 15.0. The van der Waals surface area contributed by atoms with Crippen LogP contribution in [0, 0.1) is 0 Å². The molecule has 1 aromatic heterocycles. The van der Waals surface area contributed by atoms with Gasteiger partial charge in [-0.1, -0.05) is 24.3 Å². The number of hydrazone groups is 1. The third kappa shape index (κ3) is 2.62. The molecule has 0 radical (unpaired) electrons. The molecule has 0 spiro atoms. The van der Waals surface area contributed by atoms with Crippen molar-refractivity contribution in [3.05, 3.63) is 59.8 Å². The fraction of sp³-hybridized carbons (Fsp3) is 0. The van der Waals surface area contributed by atoms with Crippen molar-refractivity contribution < 1.29 is 15.0 Å². The number of hydrogen-bond donors (Lipinski definition) is 4. The van der Waals surface area contributed by atoms with Gasteiger partial charge in [-0.2, -0.15) is 5.10 Å². The Morgan fingerprint density at radius 1 is 1.14 bits per heavy atom. The highest BCUT2D eigenvalue weighted by Crippen LogP contribution is 2.26. The lowest BCUT2D eigenvalue weighted by Crippen LogP contribution is -2.17. The Labute approximate surface area is 125 Å². The highest BCUT2D eigenvalue weighted by Gasteiger charge is 2.08. The number of aromatic amines is 1. The Hall–Kier alpha value is -3.28. The second-order valence-electron chi connectivity index (χ2n) is 4.68. The van der Waals surface area contributed by atoms with E-state index in [9.17, 15) is 15.0 Å². The van der Waals surface area contributed by atoms with Gasteiger partial charge in [0.25, 0.3) is 5.91 Å². The standard InChI is InChI=1S/C16H13N3O3/c20-14-7-3-5-11(15(14)21)9-17-19-16(22)13-8-10-4-1-2-6-12(10)18-13/h1-9,18,20-21H,(H,19,22). The minimum absolute atomic E-state index is 0.245. The predicted octanol–water partition coefficient (Wildman–Crippen LogP) is 2.34. The molecule has 3 rings (SSSR count). The molecule has 0 aliphatic heterocycles. The van der Waals surface area contributed by atoms with E-state index in [4.69, 9.17) is 0 Å². The van der Waals surface area contributed by atoms with Crippen molar-refractivity contribution in [1.82, 2.24) is 10.4 Å². The monoisotopic (exact) mass is 295 g/mol. The van der Waals surface area contributed by atoms with Crippen LogP contribution in [0.15, 0.2) is 53.6 Å². The number of amides is 1. The molecule has 6 heteroatoms. The molecule has 0 aliphatic rings. The maximum Gasteiger partial charge on any atom is 0.287 e. The van der Waals surface area contributed by atoms with Crippen LogP contribution in [0.1, 0.15) is 16.1 Å². The maximum absolute atomic E-state index is 12.0. The van der Waals surface area contributed by atoms with E-state index in [1.165, 1.54) is 12.3 Å². The van der Waals surface area contributed by atoms with E-state index in [1.54, 1.807) is 18.2 Å². The summed E-state index contributed by atoms with van der Waals surface area (Å²) in [5.41, 5.74) is 3.92. The van der Waals surface area contributed by atoms with Crippen LogP contribution < -0.4 is 5.43 Å². The summed E-state index contributed by atoms with van der Waals surface area (Å²) in [5, 5.41) is 23.7. The number of H-pyrrole nitrogens is 1. The lowest BCUT2D eigenvalue weighted by molar-refractivity contribution is 0.0951. The van der Waals surface area contributed by atoms with Crippen LogP contribution in [-0.4, -0.2) is 27.3 Å². The van der Waals surface area contributed by atoms with Crippen molar-refractivity contribution >= 4 is 23.0 Å². The van der Waals surface area contributed by atoms with Crippen LogP contribution in [-0.2, 0) is 0 Å². The molecular weight excluding hydrogens is 282 g/mol. The summed E-state index contributed by atoms with van der Waals surface area (Å²) >= 11 is 0. The molecule has 4 N–H and O–H groups in total. The molecule has 0 atom stereocenters. The number of phenolic OH excluding ortho intramolecular Hbond substituents is 2. The second-order valence-corrected chi connectivity index (χ2v) is 4.68. The average molecular weight is 295 g/mol. The van der Waals surface area contributed by atoms with E-state index in [-0.39, 0.29) is 11.5 Å². The number of nitrogens with one attached hydrogen (secondary N) is 2. The molecule has 3 aromatic rings. The largest absolute Gasteiger partial charge is 0.504 e. The Balaban J connectivity index is 1.74. The van der Waals surface area contributed by atoms with Crippen LogP contribution in [0.5, 0.6) is 11.5 Å². The Kier molecular flexibility index (Phi) is 3.49. The summed E-state index contributed by atoms with van der Waals surface area (Å²) in [6, 6.07) is 13.8. The second kappa shape index (κ2) is 5.61. The number of carbonyl (C=O) groups excluding carboxylic acids is 1. The number of aromatic hydroxyl groups is 2. The van der Waals surface area contributed by atoms with Gasteiger partial charge in [0.2, 0.25) is 0 Å². The van der Waals surface area contributed by atoms with E-state index in [2.05, 4.69) is 15.5 Å². The van der Waals surface area contributed by atoms with Gasteiger partial charge in [0.15, 0.2) is 11.5 Å². The van der Waals surface area contributed by atoms with Gasteiger partial charge in [-0.25, -0.2) is 5.43 Å². The van der Waals surface area contributed by atoms with E-state index in [1.807, 2.05) is 24.3 Å². The van der Waals surface area contributed by atoms with Crippen molar-refractivity contribution in [1.29, 1.82) is 0 Å². The molecule has 0 saturated carbocycles. The fourth-order valence-electron chi connectivity index (χ4n) is 2.07. The van der Waals surface area contributed by atoms with Crippen molar-refractivity contribution in [2.45, 2.75) is 0 Å². The predicted molar refractivity (Wildman–Crippen MR) is 83.1 cm³/mol. The lowest BCUT2D eigenvalue weighted by atomic mass is 10.2. The zero-order valence-corrected chi connectivity index (χ0v) is 11.4. The topological polar surface area (TPSA) is 97.7 Å². The first-order valence-electron chi connectivity index (χ1n) is 6.57. The summed E-state index contributed by atoms with van der Waals surface area (Å²) in [7, 11) is 0. The molecule has 1 heterocycles. The SMILES string of the molecule is O=C(NN=Cc1cccc(O)c1O)c1cc2ccccc2[nH]1. The van der Waals surface area contributed by atoms with E-state index in [0.717, 1.165) is 10.9 Å². The zero-order chi connectivity index (χ0) is 15.5. The van der Waals surface area contributed by atoms with Gasteiger partial charge in [-0.3, -0.25) is 4.79 Å². The number of para-hydroxylation sites is 2. The van der Waals surface area contributed by atoms with E-state index < -0.39 is 5.91 Å². The van der Waals surface area contributed by atoms with Crippen LogP contribution in [0.4, 0.5) is 0 Å². The van der Waals surface area contributed by atoms with Gasteiger partial charge in [0.05, 0.1) is 6.21 Å². The van der Waals surface area contributed by atoms with Crippen molar-refractivity contribution in [3.63, 3.8) is 0 Å². The highest BCUT2D eigenvalue weighted by molar-refractivity contribution is 5.98. The van der Waals surface area contributed by atoms with Crippen LogP contribution in [0.2, 0.25) is 0 Å². The molecule has 1 amide bonds. The molecule has 0 fully saturated rings. The summed E-state index contributed by atoms with van der Waals surface area (Å²) in [6.07, 6.45) is 1.26. The van der Waals surface area contributed by atoms with Crippen LogP contribution in [0.25, 0.3) is 10.9 Å². The normalized spacial score (nSPS) is 11.1. The highest BCUT2D eigenvalue weighted by atomic mass is 16.3. The van der Waals surface area contributed by atoms with Gasteiger partial charge in [0, 0.05) is 16.5 Å². The number of rotatable bonds is 3.